The molecule has 0 aliphatic carbocycles. The van der Waals surface area contributed by atoms with Gasteiger partial charge in [0.25, 0.3) is 0 Å². The molecule has 0 saturated carbocycles. The normalized spacial score (nSPS) is 11.1. The molecule has 88 valence electrons. The second kappa shape index (κ2) is 5.12. The molecule has 0 saturated heterocycles. The maximum absolute atomic E-state index is 11.8. The van der Waals surface area contributed by atoms with E-state index in [0.717, 1.165) is 4.88 Å². The number of nitrogens with one attached hydrogen (secondary N) is 1. The Morgan fingerprint density at radius 3 is 2.69 bits per heavy atom. The van der Waals surface area contributed by atoms with Crippen molar-refractivity contribution in [3.8, 4) is 0 Å². The lowest BCUT2D eigenvalue weighted by Gasteiger charge is -2.21. The van der Waals surface area contributed by atoms with Gasteiger partial charge in [-0.25, -0.2) is 0 Å². The number of thiophene rings is 1. The van der Waals surface area contributed by atoms with Crippen LogP contribution >= 0.6 is 11.3 Å². The van der Waals surface area contributed by atoms with Crippen LogP contribution in [0.15, 0.2) is 17.5 Å². The van der Waals surface area contributed by atoms with E-state index in [-0.39, 0.29) is 18.9 Å². The summed E-state index contributed by atoms with van der Waals surface area (Å²) < 4.78 is 0. The highest BCUT2D eigenvalue weighted by atomic mass is 32.1. The van der Waals surface area contributed by atoms with Crippen molar-refractivity contribution in [2.75, 3.05) is 6.54 Å². The molecule has 0 atom stereocenters. The zero-order valence-corrected chi connectivity index (χ0v) is 10.1. The molecule has 1 aromatic rings. The first-order valence-electron chi connectivity index (χ1n) is 4.98. The van der Waals surface area contributed by atoms with E-state index in [2.05, 4.69) is 5.32 Å². The fraction of sp³-hybridized carbons (Fsp3) is 0.455. The van der Waals surface area contributed by atoms with Gasteiger partial charge >= 0.3 is 5.97 Å². The second-order valence-corrected chi connectivity index (χ2v) is 4.95. The van der Waals surface area contributed by atoms with Crippen LogP contribution in [0.1, 0.15) is 25.1 Å². The molecule has 1 heterocycles. The van der Waals surface area contributed by atoms with Crippen LogP contribution in [0.5, 0.6) is 0 Å². The molecular weight excluding hydrogens is 226 g/mol. The largest absolute Gasteiger partial charge is 0.481 e. The highest BCUT2D eigenvalue weighted by molar-refractivity contribution is 7.10. The molecule has 16 heavy (non-hydrogen) atoms. The molecule has 0 fully saturated rings. The molecular formula is C11H15NO3S. The molecule has 0 spiro atoms. The number of hydrogen-bond donors (Lipinski definition) is 2. The lowest BCUT2D eigenvalue weighted by atomic mass is 9.90. The first kappa shape index (κ1) is 12.7. The summed E-state index contributed by atoms with van der Waals surface area (Å²) in [5.41, 5.74) is -0.604. The predicted molar refractivity (Wildman–Crippen MR) is 62.6 cm³/mol. The van der Waals surface area contributed by atoms with Gasteiger partial charge in [0.15, 0.2) is 0 Å². The van der Waals surface area contributed by atoms with Crippen LogP contribution in [-0.2, 0) is 15.0 Å². The molecule has 0 aliphatic heterocycles. The summed E-state index contributed by atoms with van der Waals surface area (Å²) in [5, 5.41) is 13.0. The summed E-state index contributed by atoms with van der Waals surface area (Å²) in [5.74, 6) is -1.05. The third-order valence-corrected chi connectivity index (χ3v) is 3.52. The molecule has 2 N–H and O–H groups in total. The smallest absolute Gasteiger partial charge is 0.305 e. The third kappa shape index (κ3) is 3.06. The summed E-state index contributed by atoms with van der Waals surface area (Å²) in [4.78, 5) is 23.1. The Morgan fingerprint density at radius 2 is 2.19 bits per heavy atom. The molecule has 1 amide bonds. The van der Waals surface area contributed by atoms with Crippen molar-refractivity contribution >= 4 is 23.2 Å². The van der Waals surface area contributed by atoms with Crippen molar-refractivity contribution in [2.45, 2.75) is 25.7 Å². The first-order chi connectivity index (χ1) is 7.44. The van der Waals surface area contributed by atoms with Gasteiger partial charge in [0, 0.05) is 11.4 Å². The summed E-state index contributed by atoms with van der Waals surface area (Å²) in [6.45, 7) is 3.83. The van der Waals surface area contributed by atoms with Crippen LogP contribution < -0.4 is 5.32 Å². The Bertz CT molecular complexity index is 371. The van der Waals surface area contributed by atoms with Crippen molar-refractivity contribution < 1.29 is 14.7 Å². The minimum absolute atomic E-state index is 0.0493. The summed E-state index contributed by atoms with van der Waals surface area (Å²) in [6.07, 6.45) is -0.0493. The van der Waals surface area contributed by atoms with Crippen molar-refractivity contribution in [3.63, 3.8) is 0 Å². The van der Waals surface area contributed by atoms with Crippen LogP contribution in [0.4, 0.5) is 0 Å². The fourth-order valence-electron chi connectivity index (χ4n) is 1.25. The van der Waals surface area contributed by atoms with Gasteiger partial charge in [0.2, 0.25) is 5.91 Å². The molecule has 0 aromatic carbocycles. The van der Waals surface area contributed by atoms with Gasteiger partial charge in [0.05, 0.1) is 11.8 Å². The molecule has 5 heteroatoms. The van der Waals surface area contributed by atoms with Gasteiger partial charge in [-0.1, -0.05) is 6.07 Å². The van der Waals surface area contributed by atoms with Crippen LogP contribution in [0, 0.1) is 0 Å². The van der Waals surface area contributed by atoms with Crippen LogP contribution in [-0.4, -0.2) is 23.5 Å². The quantitative estimate of drug-likeness (QED) is 0.823. The Morgan fingerprint density at radius 1 is 1.50 bits per heavy atom. The molecule has 1 aromatic heterocycles. The molecule has 0 aliphatic rings. The second-order valence-electron chi connectivity index (χ2n) is 4.00. The maximum atomic E-state index is 11.8. The van der Waals surface area contributed by atoms with E-state index in [1.54, 1.807) is 0 Å². The third-order valence-electron chi connectivity index (χ3n) is 2.33. The van der Waals surface area contributed by atoms with Crippen LogP contribution in [0.25, 0.3) is 0 Å². The summed E-state index contributed by atoms with van der Waals surface area (Å²) in [7, 11) is 0. The minimum Gasteiger partial charge on any atom is -0.481 e. The van der Waals surface area contributed by atoms with Crippen LogP contribution in [0.3, 0.4) is 0 Å². The molecule has 1 rings (SSSR count). The lowest BCUT2D eigenvalue weighted by molar-refractivity contribution is -0.137. The van der Waals surface area contributed by atoms with Crippen molar-refractivity contribution in [1.29, 1.82) is 0 Å². The highest BCUT2D eigenvalue weighted by Gasteiger charge is 2.30. The van der Waals surface area contributed by atoms with Crippen LogP contribution in [0.2, 0.25) is 0 Å². The first-order valence-corrected chi connectivity index (χ1v) is 5.86. The minimum atomic E-state index is -0.908. The van der Waals surface area contributed by atoms with Gasteiger partial charge < -0.3 is 10.4 Å². The average molecular weight is 241 g/mol. The average Bonchev–Trinajstić information content (AvgIpc) is 2.69. The molecule has 0 radical (unpaired) electrons. The molecule has 4 nitrogen and oxygen atoms in total. The number of hydrogen-bond acceptors (Lipinski definition) is 3. The van der Waals surface area contributed by atoms with E-state index in [4.69, 9.17) is 5.11 Å². The highest BCUT2D eigenvalue weighted by Crippen LogP contribution is 2.27. The Kier molecular flexibility index (Phi) is 4.06. The van der Waals surface area contributed by atoms with Gasteiger partial charge in [0.1, 0.15) is 0 Å². The fourth-order valence-corrected chi connectivity index (χ4v) is 2.10. The number of carbonyl (C=O) groups is 2. The number of carbonyl (C=O) groups excluding carboxylic acids is 1. The maximum Gasteiger partial charge on any atom is 0.305 e. The lowest BCUT2D eigenvalue weighted by Crippen LogP contribution is -2.40. The number of rotatable bonds is 5. The number of aliphatic carboxylic acids is 1. The van der Waals surface area contributed by atoms with Crippen molar-refractivity contribution in [1.82, 2.24) is 5.32 Å². The Balaban J connectivity index is 2.56. The zero-order chi connectivity index (χ0) is 12.2. The SMILES string of the molecule is CC(C)(C(=O)NCCC(=O)O)c1cccs1. The van der Waals surface area contributed by atoms with E-state index in [0.29, 0.717) is 0 Å². The Hall–Kier alpha value is -1.36. The number of carboxylic acids is 1. The van der Waals surface area contributed by atoms with Gasteiger partial charge in [-0.05, 0) is 25.3 Å². The van der Waals surface area contributed by atoms with Gasteiger partial charge in [-0.2, -0.15) is 0 Å². The predicted octanol–water partition coefficient (Wildman–Crippen LogP) is 1.62. The van der Waals surface area contributed by atoms with Gasteiger partial charge in [-0.3, -0.25) is 9.59 Å². The monoisotopic (exact) mass is 241 g/mol. The zero-order valence-electron chi connectivity index (χ0n) is 9.32. The van der Waals surface area contributed by atoms with Gasteiger partial charge in [-0.15, -0.1) is 11.3 Å². The van der Waals surface area contributed by atoms with Crippen molar-refractivity contribution in [3.05, 3.63) is 22.4 Å². The van der Waals surface area contributed by atoms with E-state index < -0.39 is 11.4 Å². The molecule has 0 unspecified atom stereocenters. The van der Waals surface area contributed by atoms with E-state index in [1.165, 1.54) is 11.3 Å². The van der Waals surface area contributed by atoms with E-state index in [9.17, 15) is 9.59 Å². The molecule has 0 bridgehead atoms. The van der Waals surface area contributed by atoms with Crippen molar-refractivity contribution in [2.24, 2.45) is 0 Å². The summed E-state index contributed by atoms with van der Waals surface area (Å²) in [6, 6.07) is 3.80. The topological polar surface area (TPSA) is 66.4 Å². The number of carboxylic acid groups (broad SMARTS) is 1. The van der Waals surface area contributed by atoms with E-state index in [1.807, 2.05) is 31.4 Å². The Labute approximate surface area is 98.3 Å². The number of amides is 1. The standard InChI is InChI=1S/C11H15NO3S/c1-11(2,8-4-3-7-16-8)10(15)12-6-5-9(13)14/h3-4,7H,5-6H2,1-2H3,(H,12,15)(H,13,14). The van der Waals surface area contributed by atoms with E-state index >= 15 is 0 Å². The summed E-state index contributed by atoms with van der Waals surface area (Å²) >= 11 is 1.52.